The molecule has 2 heterocycles. The normalized spacial score (nSPS) is 11.9. The Hall–Kier alpha value is -3.81. The van der Waals surface area contributed by atoms with Gasteiger partial charge in [-0.25, -0.2) is 4.98 Å². The Morgan fingerprint density at radius 1 is 1.09 bits per heavy atom. The summed E-state index contributed by atoms with van der Waals surface area (Å²) >= 11 is 6.44. The third-order valence-electron chi connectivity index (χ3n) is 5.87. The van der Waals surface area contributed by atoms with Gasteiger partial charge in [-0.1, -0.05) is 54.1 Å². The van der Waals surface area contributed by atoms with Crippen molar-refractivity contribution >= 4 is 45.2 Å². The average molecular weight is 437 g/mol. The van der Waals surface area contributed by atoms with Crippen molar-refractivity contribution in [1.29, 1.82) is 5.26 Å². The molecule has 3 aromatic carbocycles. The van der Waals surface area contributed by atoms with Crippen LogP contribution in [0.2, 0.25) is 5.02 Å². The first-order valence-electron chi connectivity index (χ1n) is 10.4. The molecule has 0 aliphatic rings. The number of aromatic amines is 1. The SMILES string of the molecule is Cc1ccc2nc(/C(C#N)=C\c3c(C)n(Cc4ccccc4Cl)c4ccccc34)[nH]c2c1. The van der Waals surface area contributed by atoms with E-state index >= 15 is 0 Å². The van der Waals surface area contributed by atoms with Gasteiger partial charge in [-0.05, 0) is 55.3 Å². The number of imidazole rings is 1. The van der Waals surface area contributed by atoms with Crippen LogP contribution in [0.1, 0.15) is 28.2 Å². The number of nitrogens with one attached hydrogen (secondary N) is 1. The molecule has 0 spiro atoms. The second kappa shape index (κ2) is 8.03. The number of nitriles is 1. The minimum Gasteiger partial charge on any atom is -0.340 e. The lowest BCUT2D eigenvalue weighted by Crippen LogP contribution is -2.02. The highest BCUT2D eigenvalue weighted by molar-refractivity contribution is 6.31. The Morgan fingerprint density at radius 3 is 2.69 bits per heavy atom. The van der Waals surface area contributed by atoms with E-state index in [1.807, 2.05) is 67.6 Å². The van der Waals surface area contributed by atoms with E-state index in [0.717, 1.165) is 49.3 Å². The third kappa shape index (κ3) is 3.47. The molecule has 4 nitrogen and oxygen atoms in total. The number of para-hydroxylation sites is 1. The van der Waals surface area contributed by atoms with Gasteiger partial charge >= 0.3 is 0 Å². The topological polar surface area (TPSA) is 57.4 Å². The summed E-state index contributed by atoms with van der Waals surface area (Å²) in [7, 11) is 0. The molecule has 1 N–H and O–H groups in total. The lowest BCUT2D eigenvalue weighted by molar-refractivity contribution is 0.804. The molecule has 5 heteroatoms. The Bertz CT molecular complexity index is 1550. The highest BCUT2D eigenvalue weighted by atomic mass is 35.5. The number of nitrogens with zero attached hydrogens (tertiary/aromatic N) is 3. The first-order chi connectivity index (χ1) is 15.5. The fraction of sp³-hybridized carbons (Fsp3) is 0.111. The van der Waals surface area contributed by atoms with Gasteiger partial charge in [0.2, 0.25) is 0 Å². The molecule has 0 aliphatic carbocycles. The summed E-state index contributed by atoms with van der Waals surface area (Å²) in [4.78, 5) is 7.95. The van der Waals surface area contributed by atoms with Crippen LogP contribution in [0.15, 0.2) is 66.7 Å². The number of aromatic nitrogens is 3. The molecule has 0 radical (unpaired) electrons. The zero-order valence-corrected chi connectivity index (χ0v) is 18.6. The van der Waals surface area contributed by atoms with Crippen LogP contribution in [0.5, 0.6) is 0 Å². The molecule has 0 bridgehead atoms. The maximum Gasteiger partial charge on any atom is 0.149 e. The largest absolute Gasteiger partial charge is 0.340 e. The average Bonchev–Trinajstić information content (AvgIpc) is 3.32. The molecule has 0 unspecified atom stereocenters. The van der Waals surface area contributed by atoms with E-state index in [2.05, 4.69) is 39.7 Å². The van der Waals surface area contributed by atoms with Gasteiger partial charge in [0.15, 0.2) is 0 Å². The fourth-order valence-corrected chi connectivity index (χ4v) is 4.39. The van der Waals surface area contributed by atoms with Crippen LogP contribution in [-0.4, -0.2) is 14.5 Å². The molecule has 0 fully saturated rings. The maximum atomic E-state index is 9.96. The van der Waals surface area contributed by atoms with Crippen LogP contribution in [0, 0.1) is 25.2 Å². The number of hydrogen-bond acceptors (Lipinski definition) is 2. The number of fused-ring (bicyclic) bond motifs is 2. The van der Waals surface area contributed by atoms with Gasteiger partial charge in [0.05, 0.1) is 16.6 Å². The standard InChI is InChI=1S/C27H21ClN4/c1-17-11-12-24-25(13-17)31-27(30-24)20(15-29)14-22-18(2)32(26-10-6-4-8-21(22)26)16-19-7-3-5-9-23(19)28/h3-14H,16H2,1-2H3,(H,30,31)/b20-14-. The van der Waals surface area contributed by atoms with Crippen molar-refractivity contribution in [2.75, 3.05) is 0 Å². The minimum atomic E-state index is 0.502. The van der Waals surface area contributed by atoms with Crippen LogP contribution >= 0.6 is 11.6 Å². The number of benzene rings is 3. The van der Waals surface area contributed by atoms with Crippen LogP contribution in [0.3, 0.4) is 0 Å². The van der Waals surface area contributed by atoms with E-state index in [9.17, 15) is 5.26 Å². The zero-order chi connectivity index (χ0) is 22.2. The number of hydrogen-bond donors (Lipinski definition) is 1. The molecule has 5 aromatic rings. The molecule has 5 rings (SSSR count). The van der Waals surface area contributed by atoms with Gasteiger partial charge in [0.1, 0.15) is 11.9 Å². The molecule has 156 valence electrons. The van der Waals surface area contributed by atoms with Gasteiger partial charge in [0.25, 0.3) is 0 Å². The van der Waals surface area contributed by atoms with E-state index in [1.54, 1.807) is 0 Å². The van der Waals surface area contributed by atoms with Crippen molar-refractivity contribution in [3.8, 4) is 6.07 Å². The fourth-order valence-electron chi connectivity index (χ4n) is 4.19. The molecule has 0 atom stereocenters. The number of aryl methyl sites for hydroxylation is 1. The molecule has 0 amide bonds. The predicted molar refractivity (Wildman–Crippen MR) is 132 cm³/mol. The van der Waals surface area contributed by atoms with Gasteiger partial charge in [0, 0.05) is 33.7 Å². The quantitative estimate of drug-likeness (QED) is 0.311. The summed E-state index contributed by atoms with van der Waals surface area (Å²) in [5.74, 6) is 0.579. The molecule has 0 aliphatic heterocycles. The highest BCUT2D eigenvalue weighted by Gasteiger charge is 2.16. The number of rotatable bonds is 4. The van der Waals surface area contributed by atoms with E-state index in [1.165, 1.54) is 0 Å². The Kier molecular flexibility index (Phi) is 5.05. The number of allylic oxidation sites excluding steroid dienone is 1. The maximum absolute atomic E-state index is 9.96. The summed E-state index contributed by atoms with van der Waals surface area (Å²) in [5.41, 5.74) is 7.68. The molecule has 2 aromatic heterocycles. The second-order valence-electron chi connectivity index (χ2n) is 7.97. The van der Waals surface area contributed by atoms with E-state index < -0.39 is 0 Å². The van der Waals surface area contributed by atoms with Gasteiger partial charge in [-0.3, -0.25) is 0 Å². The number of halogens is 1. The van der Waals surface area contributed by atoms with Crippen molar-refractivity contribution in [2.24, 2.45) is 0 Å². The van der Waals surface area contributed by atoms with Crippen molar-refractivity contribution in [2.45, 2.75) is 20.4 Å². The molecule has 0 saturated carbocycles. The Balaban J connectivity index is 1.66. The zero-order valence-electron chi connectivity index (χ0n) is 17.9. The number of H-pyrrole nitrogens is 1. The van der Waals surface area contributed by atoms with E-state index in [4.69, 9.17) is 11.6 Å². The van der Waals surface area contributed by atoms with Crippen molar-refractivity contribution in [3.05, 3.63) is 100.0 Å². The minimum absolute atomic E-state index is 0.502. The monoisotopic (exact) mass is 436 g/mol. The lowest BCUT2D eigenvalue weighted by Gasteiger charge is -2.10. The summed E-state index contributed by atoms with van der Waals surface area (Å²) < 4.78 is 2.25. The first kappa shape index (κ1) is 20.1. The second-order valence-corrected chi connectivity index (χ2v) is 8.38. The van der Waals surface area contributed by atoms with Gasteiger partial charge < -0.3 is 9.55 Å². The Labute approximate surface area is 191 Å². The van der Waals surface area contributed by atoms with Crippen LogP contribution < -0.4 is 0 Å². The van der Waals surface area contributed by atoms with Gasteiger partial charge in [-0.2, -0.15) is 5.26 Å². The van der Waals surface area contributed by atoms with Gasteiger partial charge in [-0.15, -0.1) is 0 Å². The van der Waals surface area contributed by atoms with Crippen molar-refractivity contribution < 1.29 is 0 Å². The van der Waals surface area contributed by atoms with Crippen LogP contribution in [0.4, 0.5) is 0 Å². The van der Waals surface area contributed by atoms with E-state index in [0.29, 0.717) is 17.9 Å². The highest BCUT2D eigenvalue weighted by Crippen LogP contribution is 2.31. The molecule has 32 heavy (non-hydrogen) atoms. The van der Waals surface area contributed by atoms with Crippen molar-refractivity contribution in [3.63, 3.8) is 0 Å². The summed E-state index contributed by atoms with van der Waals surface area (Å²) in [5, 5.41) is 11.8. The molecular weight excluding hydrogens is 416 g/mol. The van der Waals surface area contributed by atoms with E-state index in [-0.39, 0.29) is 0 Å². The van der Waals surface area contributed by atoms with Crippen molar-refractivity contribution in [1.82, 2.24) is 14.5 Å². The molecular formula is C27H21ClN4. The molecule has 0 saturated heterocycles. The Morgan fingerprint density at radius 2 is 1.88 bits per heavy atom. The van der Waals surface area contributed by atoms with Crippen LogP contribution in [0.25, 0.3) is 33.6 Å². The predicted octanol–water partition coefficient (Wildman–Crippen LogP) is 6.90. The smallest absolute Gasteiger partial charge is 0.149 e. The first-order valence-corrected chi connectivity index (χ1v) is 10.8. The summed E-state index contributed by atoms with van der Waals surface area (Å²) in [6, 6.07) is 24.5. The third-order valence-corrected chi connectivity index (χ3v) is 6.24. The lowest BCUT2D eigenvalue weighted by atomic mass is 10.1. The summed E-state index contributed by atoms with van der Waals surface area (Å²) in [6.07, 6.45) is 1.94. The summed E-state index contributed by atoms with van der Waals surface area (Å²) in [6.45, 7) is 4.78. The van der Waals surface area contributed by atoms with Crippen LogP contribution in [-0.2, 0) is 6.54 Å².